The smallest absolute Gasteiger partial charge is 0.363 e. The fourth-order valence-electron chi connectivity index (χ4n) is 5.09. The van der Waals surface area contributed by atoms with E-state index in [0.717, 1.165) is 9.37 Å². The van der Waals surface area contributed by atoms with Crippen LogP contribution in [-0.4, -0.2) is 38.6 Å². The maximum absolute atomic E-state index is 13.8. The summed E-state index contributed by atoms with van der Waals surface area (Å²) in [4.78, 5) is 58.1. The zero-order valence-corrected chi connectivity index (χ0v) is 23.9. The normalized spacial score (nSPS) is 19.7. The predicted molar refractivity (Wildman–Crippen MR) is 153 cm³/mol. The Balaban J connectivity index is 1.36. The van der Waals surface area contributed by atoms with E-state index in [0.29, 0.717) is 16.9 Å². The van der Waals surface area contributed by atoms with Crippen LogP contribution in [0.15, 0.2) is 83.5 Å². The van der Waals surface area contributed by atoms with E-state index in [1.54, 1.807) is 49.5 Å². The van der Waals surface area contributed by atoms with Gasteiger partial charge in [0.05, 0.1) is 33.6 Å². The molecule has 0 aliphatic carbocycles. The van der Waals surface area contributed by atoms with Crippen LogP contribution in [0.4, 0.5) is 17.1 Å². The van der Waals surface area contributed by atoms with Crippen LogP contribution in [0, 0.1) is 16.0 Å². The molecule has 2 saturated heterocycles. The fourth-order valence-corrected chi connectivity index (χ4v) is 5.60. The topological polar surface area (TPSA) is 137 Å². The van der Waals surface area contributed by atoms with Crippen molar-refractivity contribution in [3.8, 4) is 5.75 Å². The molecule has 0 unspecified atom stereocenters. The van der Waals surface area contributed by atoms with Crippen molar-refractivity contribution in [1.29, 1.82) is 0 Å². The number of amides is 2. The largest absolute Gasteiger partial charge is 0.422 e. The zero-order chi connectivity index (χ0) is 29.7. The lowest BCUT2D eigenvalue weighted by Gasteiger charge is -2.28. The Labute approximate surface area is 251 Å². The SMILES string of the molecule is Cn1ncc(Cl)c1C(=O)Oc1ccc([C@H]2[C@@H]3C(=O)N(c4ccc(Br)cc4)C(=O)[C@H]3ON2c2cccc([N+](=O)[O-])c2)cc1. The van der Waals surface area contributed by atoms with Gasteiger partial charge in [0.25, 0.3) is 11.6 Å². The molecule has 3 atom stereocenters. The Morgan fingerprint density at radius 3 is 2.40 bits per heavy atom. The molecule has 2 fully saturated rings. The fraction of sp³-hybridized carbons (Fsp3) is 0.143. The number of nitrogens with zero attached hydrogens (tertiary/aromatic N) is 5. The highest BCUT2D eigenvalue weighted by molar-refractivity contribution is 9.10. The van der Waals surface area contributed by atoms with Crippen molar-refractivity contribution in [2.75, 3.05) is 9.96 Å². The van der Waals surface area contributed by atoms with Crippen LogP contribution >= 0.6 is 27.5 Å². The number of aromatic nitrogens is 2. The second kappa shape index (κ2) is 10.7. The van der Waals surface area contributed by atoms with Crippen LogP contribution in [0.3, 0.4) is 0 Å². The molecule has 4 aromatic rings. The van der Waals surface area contributed by atoms with Gasteiger partial charge < -0.3 is 4.74 Å². The first-order chi connectivity index (χ1) is 20.1. The van der Waals surface area contributed by atoms with Gasteiger partial charge in [0.15, 0.2) is 11.8 Å². The van der Waals surface area contributed by atoms with Crippen molar-refractivity contribution in [3.05, 3.63) is 110 Å². The van der Waals surface area contributed by atoms with Gasteiger partial charge in [-0.2, -0.15) is 5.10 Å². The maximum Gasteiger partial charge on any atom is 0.363 e. The van der Waals surface area contributed by atoms with Crippen LogP contribution in [0.5, 0.6) is 5.75 Å². The van der Waals surface area contributed by atoms with Gasteiger partial charge in [-0.3, -0.25) is 29.2 Å². The minimum absolute atomic E-state index is 0.0766. The number of esters is 1. The summed E-state index contributed by atoms with van der Waals surface area (Å²) in [7, 11) is 1.56. The molecule has 2 aliphatic heterocycles. The summed E-state index contributed by atoms with van der Waals surface area (Å²) in [6, 6.07) is 17.9. The molecule has 6 rings (SSSR count). The molecule has 0 saturated carbocycles. The van der Waals surface area contributed by atoms with E-state index in [1.807, 2.05) is 0 Å². The van der Waals surface area contributed by atoms with Crippen molar-refractivity contribution in [2.45, 2.75) is 12.1 Å². The molecule has 0 N–H and O–H groups in total. The van der Waals surface area contributed by atoms with Crippen molar-refractivity contribution in [1.82, 2.24) is 9.78 Å². The highest BCUT2D eigenvalue weighted by Gasteiger charge is 2.60. The first-order valence-corrected chi connectivity index (χ1v) is 13.6. The number of nitro benzene ring substituents is 1. The second-order valence-corrected chi connectivity index (χ2v) is 10.8. The van der Waals surface area contributed by atoms with Crippen molar-refractivity contribution >= 4 is 62.4 Å². The Morgan fingerprint density at radius 1 is 1.05 bits per heavy atom. The lowest BCUT2D eigenvalue weighted by molar-refractivity contribution is -0.384. The van der Waals surface area contributed by atoms with Gasteiger partial charge in [-0.15, -0.1) is 0 Å². The zero-order valence-electron chi connectivity index (χ0n) is 21.6. The van der Waals surface area contributed by atoms with Gasteiger partial charge in [0.2, 0.25) is 5.91 Å². The minimum atomic E-state index is -1.17. The Hall–Kier alpha value is -4.59. The van der Waals surface area contributed by atoms with Crippen LogP contribution in [0.1, 0.15) is 22.1 Å². The van der Waals surface area contributed by atoms with Gasteiger partial charge in [-0.1, -0.05) is 45.7 Å². The van der Waals surface area contributed by atoms with Gasteiger partial charge in [-0.25, -0.2) is 14.8 Å². The van der Waals surface area contributed by atoms with E-state index < -0.39 is 40.8 Å². The molecule has 212 valence electrons. The number of ether oxygens (including phenoxy) is 1. The average Bonchev–Trinajstić information content (AvgIpc) is 3.61. The number of hydroxylamine groups is 1. The number of imide groups is 1. The standard InChI is InChI=1S/C28H19BrClN5O7/c1-32-24(21(30)14-31-32)28(38)41-20-11-5-15(6-12-20)23-22-25(42-34(23)18-3-2-4-19(13-18)35(39)40)27(37)33(26(22)36)17-9-7-16(29)8-10-17/h2-14,22-23,25H,1H3/t22-,23-,25-/m0/s1. The Kier molecular flexibility index (Phi) is 7.01. The van der Waals surface area contributed by atoms with Crippen molar-refractivity contribution in [3.63, 3.8) is 0 Å². The summed E-state index contributed by atoms with van der Waals surface area (Å²) in [5, 5.41) is 16.9. The lowest BCUT2D eigenvalue weighted by atomic mass is 9.90. The Morgan fingerprint density at radius 2 is 1.76 bits per heavy atom. The molecule has 0 radical (unpaired) electrons. The summed E-state index contributed by atoms with van der Waals surface area (Å²) in [6.45, 7) is 0. The molecule has 2 amide bonds. The number of carbonyl (C=O) groups excluding carboxylic acids is 3. The molecule has 0 bridgehead atoms. The van der Waals surface area contributed by atoms with Crippen molar-refractivity contribution in [2.24, 2.45) is 13.0 Å². The van der Waals surface area contributed by atoms with Gasteiger partial charge in [-0.05, 0) is 48.0 Å². The number of aryl methyl sites for hydroxylation is 1. The molecule has 42 heavy (non-hydrogen) atoms. The van der Waals surface area contributed by atoms with Crippen LogP contribution in [-0.2, 0) is 21.5 Å². The van der Waals surface area contributed by atoms with Crippen molar-refractivity contribution < 1.29 is 28.9 Å². The number of rotatable bonds is 6. The minimum Gasteiger partial charge on any atom is -0.422 e. The summed E-state index contributed by atoms with van der Waals surface area (Å²) < 4.78 is 7.54. The van der Waals surface area contributed by atoms with Gasteiger partial charge >= 0.3 is 5.97 Å². The van der Waals surface area contributed by atoms with E-state index in [1.165, 1.54) is 46.3 Å². The molecule has 2 aliphatic rings. The number of nitro groups is 1. The van der Waals surface area contributed by atoms with E-state index in [-0.39, 0.29) is 22.2 Å². The van der Waals surface area contributed by atoms with E-state index in [9.17, 15) is 24.5 Å². The highest BCUT2D eigenvalue weighted by Crippen LogP contribution is 2.48. The van der Waals surface area contributed by atoms with E-state index in [2.05, 4.69) is 21.0 Å². The third kappa shape index (κ3) is 4.70. The van der Waals surface area contributed by atoms with E-state index >= 15 is 0 Å². The first kappa shape index (κ1) is 27.6. The third-order valence-electron chi connectivity index (χ3n) is 7.01. The molecular formula is C28H19BrClN5O7. The molecule has 14 heteroatoms. The monoisotopic (exact) mass is 651 g/mol. The van der Waals surface area contributed by atoms with Crippen LogP contribution in [0.25, 0.3) is 0 Å². The summed E-state index contributed by atoms with van der Waals surface area (Å²) in [5.41, 5.74) is 1.12. The first-order valence-electron chi connectivity index (χ1n) is 12.5. The molecule has 3 aromatic carbocycles. The van der Waals surface area contributed by atoms with Gasteiger partial charge in [0, 0.05) is 23.7 Å². The summed E-state index contributed by atoms with van der Waals surface area (Å²) >= 11 is 9.40. The van der Waals surface area contributed by atoms with E-state index in [4.69, 9.17) is 21.2 Å². The van der Waals surface area contributed by atoms with Crippen LogP contribution < -0.4 is 14.7 Å². The van der Waals surface area contributed by atoms with Crippen LogP contribution in [0.2, 0.25) is 5.02 Å². The Bertz CT molecular complexity index is 1720. The number of fused-ring (bicyclic) bond motifs is 1. The number of anilines is 2. The quantitative estimate of drug-likeness (QED) is 0.0925. The van der Waals surface area contributed by atoms with Gasteiger partial charge in [0.1, 0.15) is 11.7 Å². The number of hydrogen-bond donors (Lipinski definition) is 0. The predicted octanol–water partition coefficient (Wildman–Crippen LogP) is 5.01. The number of benzene rings is 3. The number of hydrogen-bond acceptors (Lipinski definition) is 9. The molecular weight excluding hydrogens is 634 g/mol. The maximum atomic E-state index is 13.8. The molecule has 1 aromatic heterocycles. The molecule has 3 heterocycles. The second-order valence-electron chi connectivity index (χ2n) is 9.51. The number of non-ortho nitro benzene ring substituents is 1. The highest BCUT2D eigenvalue weighted by atomic mass is 79.9. The third-order valence-corrected chi connectivity index (χ3v) is 7.82. The lowest BCUT2D eigenvalue weighted by Crippen LogP contribution is -2.37. The number of halogens is 2. The average molecular weight is 653 g/mol. The molecule has 12 nitrogen and oxygen atoms in total. The summed E-state index contributed by atoms with van der Waals surface area (Å²) in [6.07, 6.45) is 0.160. The number of carbonyl (C=O) groups is 3. The molecule has 0 spiro atoms. The summed E-state index contributed by atoms with van der Waals surface area (Å²) in [5.74, 6) is -2.52.